The molecule has 0 radical (unpaired) electrons. The van der Waals surface area contributed by atoms with Crippen molar-refractivity contribution in [3.05, 3.63) is 0 Å². The highest BCUT2D eigenvalue weighted by molar-refractivity contribution is 5.58. The smallest absolute Gasteiger partial charge is 0.138 e. The first-order valence-corrected chi connectivity index (χ1v) is 5.29. The highest BCUT2D eigenvalue weighted by Gasteiger charge is 2.23. The van der Waals surface area contributed by atoms with Crippen LogP contribution in [0.3, 0.4) is 0 Å². The molecule has 2 N–H and O–H groups in total. The minimum absolute atomic E-state index is 0.148. The van der Waals surface area contributed by atoms with Gasteiger partial charge in [-0.2, -0.15) is 0 Å². The van der Waals surface area contributed by atoms with Crippen molar-refractivity contribution in [2.24, 2.45) is 0 Å². The molecule has 1 heterocycles. The first-order chi connectivity index (χ1) is 7.27. The van der Waals surface area contributed by atoms with Gasteiger partial charge >= 0.3 is 0 Å². The monoisotopic (exact) mass is 214 g/mol. The molecule has 0 saturated carbocycles. The number of β-amino-alcohol motifs (C(OH)–C–C–N with tert-alkyl or cyclic N) is 1. The Morgan fingerprint density at radius 1 is 1.53 bits per heavy atom. The van der Waals surface area contributed by atoms with Gasteiger partial charge in [-0.15, -0.1) is 0 Å². The maximum atomic E-state index is 10.7. The molecule has 1 aliphatic rings. The average molecular weight is 214 g/mol. The first-order valence-electron chi connectivity index (χ1n) is 5.29. The lowest BCUT2D eigenvalue weighted by Gasteiger charge is -2.34. The molecule has 0 aromatic rings. The SMILES string of the molecule is O=CCCC(O)CN1CCNCC1C=O. The van der Waals surface area contributed by atoms with Crippen LogP contribution in [0.4, 0.5) is 0 Å². The van der Waals surface area contributed by atoms with Crippen molar-refractivity contribution in [1.82, 2.24) is 10.2 Å². The Balaban J connectivity index is 2.33. The standard InChI is InChI=1S/C10H18N2O3/c13-5-1-2-10(15)7-12-4-3-11-6-9(12)8-14/h5,8-11,15H,1-4,6-7H2. The second-order valence-electron chi connectivity index (χ2n) is 3.80. The van der Waals surface area contributed by atoms with E-state index in [0.29, 0.717) is 25.9 Å². The van der Waals surface area contributed by atoms with E-state index in [2.05, 4.69) is 5.32 Å². The summed E-state index contributed by atoms with van der Waals surface area (Å²) in [5.41, 5.74) is 0. The number of carbonyl (C=O) groups is 2. The number of carbonyl (C=O) groups excluding carboxylic acids is 2. The number of rotatable bonds is 6. The second-order valence-corrected chi connectivity index (χ2v) is 3.80. The van der Waals surface area contributed by atoms with Crippen molar-refractivity contribution in [1.29, 1.82) is 0 Å². The van der Waals surface area contributed by atoms with Gasteiger partial charge < -0.3 is 20.0 Å². The summed E-state index contributed by atoms with van der Waals surface area (Å²) in [4.78, 5) is 22.8. The summed E-state index contributed by atoms with van der Waals surface area (Å²) in [7, 11) is 0. The Morgan fingerprint density at radius 2 is 2.33 bits per heavy atom. The summed E-state index contributed by atoms with van der Waals surface area (Å²) >= 11 is 0. The zero-order chi connectivity index (χ0) is 11.1. The van der Waals surface area contributed by atoms with Crippen LogP contribution in [0.1, 0.15) is 12.8 Å². The van der Waals surface area contributed by atoms with E-state index in [1.807, 2.05) is 4.90 Å². The molecule has 5 heteroatoms. The van der Waals surface area contributed by atoms with Gasteiger partial charge in [0.25, 0.3) is 0 Å². The molecule has 0 aromatic heterocycles. The molecule has 2 unspecified atom stereocenters. The minimum atomic E-state index is -0.518. The molecule has 1 aliphatic heterocycles. The number of hydrogen-bond donors (Lipinski definition) is 2. The van der Waals surface area contributed by atoms with Crippen LogP contribution >= 0.6 is 0 Å². The summed E-state index contributed by atoms with van der Waals surface area (Å²) in [6.45, 7) is 2.72. The summed E-state index contributed by atoms with van der Waals surface area (Å²) in [5.74, 6) is 0. The highest BCUT2D eigenvalue weighted by Crippen LogP contribution is 2.05. The number of aliphatic hydroxyl groups excluding tert-OH is 1. The third kappa shape index (κ3) is 4.07. The van der Waals surface area contributed by atoms with Gasteiger partial charge in [-0.05, 0) is 6.42 Å². The molecule has 0 amide bonds. The average Bonchev–Trinajstić information content (AvgIpc) is 2.27. The van der Waals surface area contributed by atoms with E-state index in [9.17, 15) is 14.7 Å². The van der Waals surface area contributed by atoms with Crippen LogP contribution in [0.2, 0.25) is 0 Å². The molecular formula is C10H18N2O3. The van der Waals surface area contributed by atoms with Gasteiger partial charge in [0, 0.05) is 32.6 Å². The highest BCUT2D eigenvalue weighted by atomic mass is 16.3. The van der Waals surface area contributed by atoms with E-state index < -0.39 is 6.10 Å². The Kier molecular flexibility index (Phi) is 5.45. The number of piperazine rings is 1. The van der Waals surface area contributed by atoms with Gasteiger partial charge in [-0.25, -0.2) is 0 Å². The fraction of sp³-hybridized carbons (Fsp3) is 0.800. The van der Waals surface area contributed by atoms with Gasteiger partial charge in [0.05, 0.1) is 12.1 Å². The Labute approximate surface area is 89.4 Å². The Hall–Kier alpha value is -0.780. The molecule has 0 spiro atoms. The number of aldehydes is 2. The molecule has 1 rings (SSSR count). The zero-order valence-corrected chi connectivity index (χ0v) is 8.76. The number of nitrogens with zero attached hydrogens (tertiary/aromatic N) is 1. The van der Waals surface area contributed by atoms with E-state index in [-0.39, 0.29) is 6.04 Å². The van der Waals surface area contributed by atoms with E-state index in [1.54, 1.807) is 0 Å². The van der Waals surface area contributed by atoms with Crippen molar-refractivity contribution in [3.8, 4) is 0 Å². The molecule has 2 atom stereocenters. The fourth-order valence-electron chi connectivity index (χ4n) is 1.75. The van der Waals surface area contributed by atoms with Crippen molar-refractivity contribution < 1.29 is 14.7 Å². The topological polar surface area (TPSA) is 69.6 Å². The predicted molar refractivity (Wildman–Crippen MR) is 55.6 cm³/mol. The molecule has 0 aromatic carbocycles. The van der Waals surface area contributed by atoms with Crippen LogP contribution in [0.25, 0.3) is 0 Å². The molecule has 0 aliphatic carbocycles. The maximum Gasteiger partial charge on any atom is 0.138 e. The first kappa shape index (κ1) is 12.3. The van der Waals surface area contributed by atoms with Crippen molar-refractivity contribution in [2.45, 2.75) is 25.0 Å². The van der Waals surface area contributed by atoms with Crippen molar-refractivity contribution in [3.63, 3.8) is 0 Å². The largest absolute Gasteiger partial charge is 0.392 e. The van der Waals surface area contributed by atoms with E-state index in [1.165, 1.54) is 0 Å². The number of hydrogen-bond acceptors (Lipinski definition) is 5. The molecule has 15 heavy (non-hydrogen) atoms. The summed E-state index contributed by atoms with van der Waals surface area (Å²) in [6, 6.07) is -0.148. The third-order valence-electron chi connectivity index (χ3n) is 2.62. The molecule has 5 nitrogen and oxygen atoms in total. The van der Waals surface area contributed by atoms with Gasteiger partial charge in [0.15, 0.2) is 0 Å². The minimum Gasteiger partial charge on any atom is -0.392 e. The Morgan fingerprint density at radius 3 is 3.00 bits per heavy atom. The van der Waals surface area contributed by atoms with Crippen molar-refractivity contribution >= 4 is 12.6 Å². The quantitative estimate of drug-likeness (QED) is 0.543. The zero-order valence-electron chi connectivity index (χ0n) is 8.76. The lowest BCUT2D eigenvalue weighted by atomic mass is 10.1. The fourth-order valence-corrected chi connectivity index (χ4v) is 1.75. The maximum absolute atomic E-state index is 10.7. The van der Waals surface area contributed by atoms with Gasteiger partial charge in [-0.1, -0.05) is 0 Å². The third-order valence-corrected chi connectivity index (χ3v) is 2.62. The van der Waals surface area contributed by atoms with Gasteiger partial charge in [0.1, 0.15) is 12.6 Å². The summed E-state index contributed by atoms with van der Waals surface area (Å²) in [6.07, 6.45) is 2.03. The van der Waals surface area contributed by atoms with Crippen LogP contribution in [0.5, 0.6) is 0 Å². The second kappa shape index (κ2) is 6.66. The molecule has 0 bridgehead atoms. The molecule has 1 saturated heterocycles. The lowest BCUT2D eigenvalue weighted by Crippen LogP contribution is -2.54. The van der Waals surface area contributed by atoms with Gasteiger partial charge in [-0.3, -0.25) is 4.90 Å². The lowest BCUT2D eigenvalue weighted by molar-refractivity contribution is -0.114. The van der Waals surface area contributed by atoms with E-state index in [4.69, 9.17) is 0 Å². The predicted octanol–water partition coefficient (Wildman–Crippen LogP) is -1.20. The molecule has 1 fully saturated rings. The van der Waals surface area contributed by atoms with E-state index >= 15 is 0 Å². The summed E-state index contributed by atoms with van der Waals surface area (Å²) < 4.78 is 0. The van der Waals surface area contributed by atoms with Crippen LogP contribution < -0.4 is 5.32 Å². The number of aliphatic hydroxyl groups is 1. The number of nitrogens with one attached hydrogen (secondary N) is 1. The van der Waals surface area contributed by atoms with Crippen LogP contribution in [-0.2, 0) is 9.59 Å². The van der Waals surface area contributed by atoms with Crippen LogP contribution in [-0.4, -0.2) is 60.9 Å². The normalized spacial score (nSPS) is 24.7. The van der Waals surface area contributed by atoms with Crippen LogP contribution in [0, 0.1) is 0 Å². The Bertz CT molecular complexity index is 211. The van der Waals surface area contributed by atoms with Crippen LogP contribution in [0.15, 0.2) is 0 Å². The molecular weight excluding hydrogens is 196 g/mol. The summed E-state index contributed by atoms with van der Waals surface area (Å²) in [5, 5.41) is 12.7. The van der Waals surface area contributed by atoms with Crippen molar-refractivity contribution in [2.75, 3.05) is 26.2 Å². The van der Waals surface area contributed by atoms with Gasteiger partial charge in [0.2, 0.25) is 0 Å². The molecule has 86 valence electrons. The van der Waals surface area contributed by atoms with E-state index in [0.717, 1.165) is 25.7 Å².